The van der Waals surface area contributed by atoms with Gasteiger partial charge >= 0.3 is 0 Å². The SMILES string of the molecule is CC1SCCC1(O)Cc1ccc(I)cc1. The monoisotopic (exact) mass is 334 g/mol. The lowest BCUT2D eigenvalue weighted by Gasteiger charge is -2.26. The molecule has 0 bridgehead atoms. The van der Waals surface area contributed by atoms with Crippen LogP contribution in [0.4, 0.5) is 0 Å². The van der Waals surface area contributed by atoms with Gasteiger partial charge in [0.05, 0.1) is 5.60 Å². The first-order valence-electron chi connectivity index (χ1n) is 5.19. The van der Waals surface area contributed by atoms with Crippen LogP contribution in [-0.4, -0.2) is 21.7 Å². The van der Waals surface area contributed by atoms with Crippen molar-refractivity contribution in [1.29, 1.82) is 0 Å². The van der Waals surface area contributed by atoms with Crippen molar-refractivity contribution in [3.05, 3.63) is 33.4 Å². The van der Waals surface area contributed by atoms with E-state index in [1.807, 2.05) is 11.8 Å². The van der Waals surface area contributed by atoms with E-state index in [0.717, 1.165) is 18.6 Å². The van der Waals surface area contributed by atoms with E-state index in [0.29, 0.717) is 5.25 Å². The summed E-state index contributed by atoms with van der Waals surface area (Å²) in [4.78, 5) is 0. The lowest BCUT2D eigenvalue weighted by atomic mass is 9.89. The van der Waals surface area contributed by atoms with Crippen molar-refractivity contribution < 1.29 is 5.11 Å². The highest BCUT2D eigenvalue weighted by Crippen LogP contribution is 2.37. The first kappa shape index (κ1) is 11.7. The number of thioether (sulfide) groups is 1. The Labute approximate surface area is 109 Å². The molecule has 82 valence electrons. The Morgan fingerprint density at radius 2 is 2.13 bits per heavy atom. The normalized spacial score (nSPS) is 30.7. The Kier molecular flexibility index (Phi) is 3.63. The van der Waals surface area contributed by atoms with Gasteiger partial charge in [-0.1, -0.05) is 19.1 Å². The maximum absolute atomic E-state index is 10.5. The van der Waals surface area contributed by atoms with Crippen molar-refractivity contribution in [2.24, 2.45) is 0 Å². The first-order chi connectivity index (χ1) is 7.10. The van der Waals surface area contributed by atoms with Crippen LogP contribution in [-0.2, 0) is 6.42 Å². The molecular weight excluding hydrogens is 319 g/mol. The molecule has 0 saturated carbocycles. The quantitative estimate of drug-likeness (QED) is 0.839. The van der Waals surface area contributed by atoms with Gasteiger partial charge in [0.1, 0.15) is 0 Å². The molecule has 0 amide bonds. The predicted octanol–water partition coefficient (Wildman–Crippen LogP) is 3.09. The van der Waals surface area contributed by atoms with Crippen molar-refractivity contribution in [3.8, 4) is 0 Å². The molecule has 3 heteroatoms. The van der Waals surface area contributed by atoms with E-state index >= 15 is 0 Å². The molecule has 1 heterocycles. The number of benzene rings is 1. The number of aliphatic hydroxyl groups is 1. The summed E-state index contributed by atoms with van der Waals surface area (Å²) in [5.74, 6) is 1.09. The lowest BCUT2D eigenvalue weighted by Crippen LogP contribution is -2.36. The third-order valence-corrected chi connectivity index (χ3v) is 5.18. The average Bonchev–Trinajstić information content (AvgIpc) is 2.51. The second-order valence-electron chi connectivity index (χ2n) is 4.17. The highest BCUT2D eigenvalue weighted by atomic mass is 127. The Hall–Kier alpha value is 0.260. The Morgan fingerprint density at radius 3 is 2.67 bits per heavy atom. The fourth-order valence-corrected chi connectivity index (χ4v) is 3.65. The Bertz CT molecular complexity index is 338. The number of rotatable bonds is 2. The molecule has 0 aliphatic carbocycles. The van der Waals surface area contributed by atoms with E-state index < -0.39 is 5.60 Å². The van der Waals surface area contributed by atoms with Crippen LogP contribution in [0.5, 0.6) is 0 Å². The lowest BCUT2D eigenvalue weighted by molar-refractivity contribution is 0.0464. The fraction of sp³-hybridized carbons (Fsp3) is 0.500. The number of hydrogen-bond donors (Lipinski definition) is 1. The van der Waals surface area contributed by atoms with Gasteiger partial charge in [0.25, 0.3) is 0 Å². The van der Waals surface area contributed by atoms with Gasteiger partial charge in [0.2, 0.25) is 0 Å². The zero-order valence-corrected chi connectivity index (χ0v) is 11.7. The van der Waals surface area contributed by atoms with Gasteiger partial charge in [-0.3, -0.25) is 0 Å². The minimum atomic E-state index is -0.489. The molecule has 1 fully saturated rings. The third kappa shape index (κ3) is 2.68. The van der Waals surface area contributed by atoms with Crippen LogP contribution in [0.2, 0.25) is 0 Å². The van der Waals surface area contributed by atoms with E-state index in [4.69, 9.17) is 0 Å². The molecule has 0 radical (unpaired) electrons. The van der Waals surface area contributed by atoms with Crippen LogP contribution in [0.15, 0.2) is 24.3 Å². The van der Waals surface area contributed by atoms with Crippen LogP contribution in [0.3, 0.4) is 0 Å². The summed E-state index contributed by atoms with van der Waals surface area (Å²) in [5, 5.41) is 10.8. The Balaban J connectivity index is 2.11. The molecule has 1 N–H and O–H groups in total. The average molecular weight is 334 g/mol. The molecule has 1 saturated heterocycles. The summed E-state index contributed by atoms with van der Waals surface area (Å²) >= 11 is 4.18. The topological polar surface area (TPSA) is 20.2 Å². The van der Waals surface area contributed by atoms with Gasteiger partial charge in [-0.15, -0.1) is 0 Å². The second kappa shape index (κ2) is 4.63. The van der Waals surface area contributed by atoms with Crippen LogP contribution >= 0.6 is 34.4 Å². The van der Waals surface area contributed by atoms with Gasteiger partial charge in [-0.05, 0) is 52.5 Å². The fourth-order valence-electron chi connectivity index (χ4n) is 1.96. The molecule has 1 aromatic rings. The minimum absolute atomic E-state index is 0.358. The maximum Gasteiger partial charge on any atom is 0.0811 e. The highest BCUT2D eigenvalue weighted by molar-refractivity contribution is 14.1. The predicted molar refractivity (Wildman–Crippen MR) is 74.3 cm³/mol. The standard InChI is InChI=1S/C12H15IOS/c1-9-12(14,6-7-15-9)8-10-2-4-11(13)5-3-10/h2-5,9,14H,6-8H2,1H3. The van der Waals surface area contributed by atoms with E-state index in [1.165, 1.54) is 9.13 Å². The number of hydrogen-bond acceptors (Lipinski definition) is 2. The molecule has 2 atom stereocenters. The highest BCUT2D eigenvalue weighted by Gasteiger charge is 2.38. The zero-order chi connectivity index (χ0) is 10.9. The van der Waals surface area contributed by atoms with Gasteiger partial charge < -0.3 is 5.11 Å². The van der Waals surface area contributed by atoms with E-state index in [-0.39, 0.29) is 0 Å². The summed E-state index contributed by atoms with van der Waals surface area (Å²) in [6, 6.07) is 8.45. The van der Waals surface area contributed by atoms with E-state index in [1.54, 1.807) is 0 Å². The molecule has 0 aromatic heterocycles. The summed E-state index contributed by atoms with van der Waals surface area (Å²) < 4.78 is 1.25. The Morgan fingerprint density at radius 1 is 1.47 bits per heavy atom. The third-order valence-electron chi connectivity index (χ3n) is 3.08. The largest absolute Gasteiger partial charge is 0.388 e. The minimum Gasteiger partial charge on any atom is -0.388 e. The van der Waals surface area contributed by atoms with Crippen molar-refractivity contribution in [1.82, 2.24) is 0 Å². The summed E-state index contributed by atoms with van der Waals surface area (Å²) in [6.45, 7) is 2.13. The van der Waals surface area contributed by atoms with Crippen LogP contribution in [0.1, 0.15) is 18.9 Å². The van der Waals surface area contributed by atoms with Gasteiger partial charge in [-0.25, -0.2) is 0 Å². The molecule has 1 aliphatic heterocycles. The van der Waals surface area contributed by atoms with Crippen molar-refractivity contribution in [2.75, 3.05) is 5.75 Å². The van der Waals surface area contributed by atoms with Crippen molar-refractivity contribution in [2.45, 2.75) is 30.6 Å². The number of halogens is 1. The summed E-state index contributed by atoms with van der Waals surface area (Å²) in [7, 11) is 0. The molecule has 15 heavy (non-hydrogen) atoms. The molecule has 1 aliphatic rings. The van der Waals surface area contributed by atoms with Gasteiger partial charge in [0, 0.05) is 15.2 Å². The van der Waals surface area contributed by atoms with Crippen LogP contribution < -0.4 is 0 Å². The molecule has 2 unspecified atom stereocenters. The summed E-state index contributed by atoms with van der Waals surface area (Å²) in [6.07, 6.45) is 1.71. The first-order valence-corrected chi connectivity index (χ1v) is 7.31. The zero-order valence-electron chi connectivity index (χ0n) is 8.74. The van der Waals surface area contributed by atoms with Crippen molar-refractivity contribution in [3.63, 3.8) is 0 Å². The van der Waals surface area contributed by atoms with Gasteiger partial charge in [-0.2, -0.15) is 11.8 Å². The maximum atomic E-state index is 10.5. The van der Waals surface area contributed by atoms with Crippen LogP contribution in [0.25, 0.3) is 0 Å². The molecule has 0 spiro atoms. The van der Waals surface area contributed by atoms with Crippen LogP contribution in [0, 0.1) is 3.57 Å². The molecule has 1 nitrogen and oxygen atoms in total. The molecular formula is C12H15IOS. The van der Waals surface area contributed by atoms with Crippen molar-refractivity contribution >= 4 is 34.4 Å². The second-order valence-corrected chi connectivity index (χ2v) is 6.86. The van der Waals surface area contributed by atoms with E-state index in [2.05, 4.69) is 53.8 Å². The molecule has 1 aromatic carbocycles. The smallest absolute Gasteiger partial charge is 0.0811 e. The summed E-state index contributed by atoms with van der Waals surface area (Å²) in [5.41, 5.74) is 0.754. The van der Waals surface area contributed by atoms with Gasteiger partial charge in [0.15, 0.2) is 0 Å². The molecule has 2 rings (SSSR count). The van der Waals surface area contributed by atoms with E-state index in [9.17, 15) is 5.11 Å².